The van der Waals surface area contributed by atoms with Gasteiger partial charge in [0.05, 0.1) is 4.90 Å². The second-order valence-electron chi connectivity index (χ2n) is 4.29. The molecular formula is C11H21N3O2S. The monoisotopic (exact) mass is 259 g/mol. The van der Waals surface area contributed by atoms with E-state index in [4.69, 9.17) is 5.73 Å². The molecule has 1 unspecified atom stereocenters. The molecule has 0 fully saturated rings. The van der Waals surface area contributed by atoms with E-state index >= 15 is 0 Å². The van der Waals surface area contributed by atoms with E-state index in [1.807, 2.05) is 13.8 Å². The van der Waals surface area contributed by atoms with Crippen molar-refractivity contribution < 1.29 is 8.42 Å². The van der Waals surface area contributed by atoms with E-state index in [1.165, 1.54) is 0 Å². The number of rotatable bonds is 6. The van der Waals surface area contributed by atoms with Crippen molar-refractivity contribution >= 4 is 10.0 Å². The SMILES string of the molecule is CCCC(C)NS(=O)(=O)c1cc(CN)n(C)c1. The van der Waals surface area contributed by atoms with Crippen molar-refractivity contribution in [1.29, 1.82) is 0 Å². The summed E-state index contributed by atoms with van der Waals surface area (Å²) in [5.41, 5.74) is 6.32. The number of hydrogen-bond acceptors (Lipinski definition) is 3. The van der Waals surface area contributed by atoms with E-state index in [0.29, 0.717) is 6.54 Å². The Morgan fingerprint density at radius 3 is 2.65 bits per heavy atom. The molecule has 0 saturated heterocycles. The fourth-order valence-electron chi connectivity index (χ4n) is 1.75. The third-order valence-electron chi connectivity index (χ3n) is 2.68. The second kappa shape index (κ2) is 5.66. The molecule has 1 atom stereocenters. The topological polar surface area (TPSA) is 77.1 Å². The van der Waals surface area contributed by atoms with Crippen LogP contribution >= 0.6 is 0 Å². The van der Waals surface area contributed by atoms with Crippen LogP contribution in [0.1, 0.15) is 32.4 Å². The van der Waals surface area contributed by atoms with Gasteiger partial charge in [-0.15, -0.1) is 0 Å². The molecule has 0 aliphatic heterocycles. The normalized spacial score (nSPS) is 13.9. The lowest BCUT2D eigenvalue weighted by atomic mass is 10.2. The van der Waals surface area contributed by atoms with Gasteiger partial charge in [0.25, 0.3) is 0 Å². The van der Waals surface area contributed by atoms with Gasteiger partial charge in [0.15, 0.2) is 0 Å². The van der Waals surface area contributed by atoms with Crippen LogP contribution in [0.15, 0.2) is 17.2 Å². The van der Waals surface area contributed by atoms with Crippen molar-refractivity contribution in [2.75, 3.05) is 0 Å². The van der Waals surface area contributed by atoms with Gasteiger partial charge in [-0.05, 0) is 19.4 Å². The number of nitrogens with two attached hydrogens (primary N) is 1. The molecule has 0 aliphatic rings. The fourth-order valence-corrected chi connectivity index (χ4v) is 3.12. The summed E-state index contributed by atoms with van der Waals surface area (Å²) in [7, 11) is -1.63. The van der Waals surface area contributed by atoms with Crippen LogP contribution in [0.4, 0.5) is 0 Å². The van der Waals surface area contributed by atoms with Gasteiger partial charge >= 0.3 is 0 Å². The zero-order valence-electron chi connectivity index (χ0n) is 10.6. The molecule has 1 aromatic rings. The quantitative estimate of drug-likeness (QED) is 0.798. The predicted octanol–water partition coefficient (Wildman–Crippen LogP) is 0.951. The van der Waals surface area contributed by atoms with Gasteiger partial charge in [-0.3, -0.25) is 0 Å². The number of sulfonamides is 1. The average Bonchev–Trinajstić information content (AvgIpc) is 2.59. The maximum absolute atomic E-state index is 12.0. The van der Waals surface area contributed by atoms with Crippen molar-refractivity contribution in [3.8, 4) is 0 Å². The summed E-state index contributed by atoms with van der Waals surface area (Å²) in [6, 6.07) is 1.56. The first-order chi connectivity index (χ1) is 7.90. The first-order valence-electron chi connectivity index (χ1n) is 5.78. The Morgan fingerprint density at radius 2 is 2.18 bits per heavy atom. The first-order valence-corrected chi connectivity index (χ1v) is 7.26. The summed E-state index contributed by atoms with van der Waals surface area (Å²) in [6.07, 6.45) is 3.37. The van der Waals surface area contributed by atoms with Crippen molar-refractivity contribution in [3.05, 3.63) is 18.0 Å². The molecule has 5 nitrogen and oxygen atoms in total. The molecule has 6 heteroatoms. The summed E-state index contributed by atoms with van der Waals surface area (Å²) < 4.78 is 28.5. The van der Waals surface area contributed by atoms with Crippen LogP contribution < -0.4 is 10.5 Å². The Bertz CT molecular complexity index is 465. The molecule has 0 saturated carbocycles. The molecule has 0 amide bonds. The number of nitrogens with one attached hydrogen (secondary N) is 1. The number of aromatic nitrogens is 1. The third-order valence-corrected chi connectivity index (χ3v) is 4.24. The van der Waals surface area contributed by atoms with Crippen LogP contribution in [0.25, 0.3) is 0 Å². The molecule has 0 bridgehead atoms. The molecule has 0 radical (unpaired) electrons. The lowest BCUT2D eigenvalue weighted by molar-refractivity contribution is 0.544. The van der Waals surface area contributed by atoms with Gasteiger partial charge < -0.3 is 10.3 Å². The molecular weight excluding hydrogens is 238 g/mol. The highest BCUT2D eigenvalue weighted by molar-refractivity contribution is 7.89. The molecule has 0 spiro atoms. The predicted molar refractivity (Wildman–Crippen MR) is 68.0 cm³/mol. The molecule has 1 heterocycles. The van der Waals surface area contributed by atoms with E-state index in [9.17, 15) is 8.42 Å². The first kappa shape index (κ1) is 14.2. The van der Waals surface area contributed by atoms with E-state index in [0.717, 1.165) is 18.5 Å². The van der Waals surface area contributed by atoms with Gasteiger partial charge in [-0.25, -0.2) is 13.1 Å². The smallest absolute Gasteiger partial charge is 0.242 e. The number of nitrogens with zero attached hydrogens (tertiary/aromatic N) is 1. The summed E-state index contributed by atoms with van der Waals surface area (Å²) in [6.45, 7) is 4.23. The van der Waals surface area contributed by atoms with Crippen LogP contribution in [0, 0.1) is 0 Å². The third kappa shape index (κ3) is 3.55. The van der Waals surface area contributed by atoms with Crippen LogP contribution in [0.2, 0.25) is 0 Å². The maximum Gasteiger partial charge on any atom is 0.242 e. The van der Waals surface area contributed by atoms with Crippen molar-refractivity contribution in [1.82, 2.24) is 9.29 Å². The minimum Gasteiger partial charge on any atom is -0.352 e. The van der Waals surface area contributed by atoms with Crippen LogP contribution in [0.5, 0.6) is 0 Å². The van der Waals surface area contributed by atoms with Crippen LogP contribution in [0.3, 0.4) is 0 Å². The molecule has 3 N–H and O–H groups in total. The number of hydrogen-bond donors (Lipinski definition) is 2. The van der Waals surface area contributed by atoms with E-state index < -0.39 is 10.0 Å². The van der Waals surface area contributed by atoms with Crippen molar-refractivity contribution in [2.45, 2.75) is 44.2 Å². The van der Waals surface area contributed by atoms with Gasteiger partial charge in [0, 0.05) is 31.5 Å². The number of aryl methyl sites for hydroxylation is 1. The zero-order valence-corrected chi connectivity index (χ0v) is 11.4. The Morgan fingerprint density at radius 1 is 1.53 bits per heavy atom. The molecule has 17 heavy (non-hydrogen) atoms. The van der Waals surface area contributed by atoms with Crippen molar-refractivity contribution in [2.24, 2.45) is 12.8 Å². The van der Waals surface area contributed by atoms with E-state index in [-0.39, 0.29) is 10.9 Å². The maximum atomic E-state index is 12.0. The highest BCUT2D eigenvalue weighted by Gasteiger charge is 2.19. The van der Waals surface area contributed by atoms with Crippen LogP contribution in [-0.2, 0) is 23.6 Å². The van der Waals surface area contributed by atoms with E-state index in [1.54, 1.807) is 23.9 Å². The van der Waals surface area contributed by atoms with E-state index in [2.05, 4.69) is 4.72 Å². The fraction of sp³-hybridized carbons (Fsp3) is 0.636. The molecule has 0 aliphatic carbocycles. The Labute approximate surface area is 103 Å². The van der Waals surface area contributed by atoms with Gasteiger partial charge in [-0.2, -0.15) is 0 Å². The minimum absolute atomic E-state index is 0.0495. The zero-order chi connectivity index (χ0) is 13.1. The molecule has 98 valence electrons. The van der Waals surface area contributed by atoms with Gasteiger partial charge in [0.2, 0.25) is 10.0 Å². The summed E-state index contributed by atoms with van der Waals surface area (Å²) in [4.78, 5) is 0.281. The Hall–Kier alpha value is -0.850. The Kier molecular flexibility index (Phi) is 4.73. The average molecular weight is 259 g/mol. The van der Waals surface area contributed by atoms with Gasteiger partial charge in [0.1, 0.15) is 0 Å². The van der Waals surface area contributed by atoms with Gasteiger partial charge in [-0.1, -0.05) is 13.3 Å². The summed E-state index contributed by atoms with van der Waals surface area (Å²) >= 11 is 0. The largest absolute Gasteiger partial charge is 0.352 e. The molecule has 1 aromatic heterocycles. The molecule has 0 aromatic carbocycles. The lowest BCUT2D eigenvalue weighted by Gasteiger charge is -2.11. The standard InChI is InChI=1S/C11H21N3O2S/c1-4-5-9(2)13-17(15,16)11-6-10(7-12)14(3)8-11/h6,8-9,13H,4-5,7,12H2,1-3H3. The molecule has 1 rings (SSSR count). The Balaban J connectivity index is 2.89. The highest BCUT2D eigenvalue weighted by Crippen LogP contribution is 2.14. The summed E-state index contributed by atoms with van der Waals surface area (Å²) in [5, 5.41) is 0. The van der Waals surface area contributed by atoms with Crippen LogP contribution in [-0.4, -0.2) is 19.0 Å². The summed E-state index contributed by atoms with van der Waals surface area (Å²) in [5.74, 6) is 0. The lowest BCUT2D eigenvalue weighted by Crippen LogP contribution is -2.32. The highest BCUT2D eigenvalue weighted by atomic mass is 32.2. The second-order valence-corrected chi connectivity index (χ2v) is 6.01. The minimum atomic E-state index is -3.42. The van der Waals surface area contributed by atoms with Crippen molar-refractivity contribution in [3.63, 3.8) is 0 Å².